The molecule has 4 nitrogen and oxygen atoms in total. The number of aliphatic hydroxyl groups is 1. The van der Waals surface area contributed by atoms with E-state index in [-0.39, 0.29) is 42.5 Å². The Balaban J connectivity index is 0.000000210. The second-order valence-electron chi connectivity index (χ2n) is 11.9. The van der Waals surface area contributed by atoms with E-state index in [1.54, 1.807) is 0 Å². The maximum Gasteiger partial charge on any atom is 0.164 e. The third-order valence-electron chi connectivity index (χ3n) is 9.61. The first-order valence-corrected chi connectivity index (χ1v) is 15.2. The summed E-state index contributed by atoms with van der Waals surface area (Å²) < 4.78 is 2.26. The normalized spacial score (nSPS) is 12.5. The standard InChI is InChI=1S/C23H13N2.C15H28O2.Ir/c1-2-8-16-14-19-18(13-15(16)7-1)17-9-3-5-11-21(17)25-22-12-6-4-10-20(22)24-23(19)25;1-7-14(5,8-2)12(16)11-13(17)15(6,9-3)10-4;/h1-13H;11,16H,7-10H2,1-6H3;/q-1;;/b;12-11-;. The molecular formula is C38H41IrN2O2-. The van der Waals surface area contributed by atoms with Crippen molar-refractivity contribution in [2.45, 2.75) is 67.2 Å². The number of pyridine rings is 1. The Hall–Kier alpha value is -3.53. The van der Waals surface area contributed by atoms with Crippen molar-refractivity contribution in [1.82, 2.24) is 9.38 Å². The fourth-order valence-electron chi connectivity index (χ4n) is 5.57. The molecule has 4 aromatic carbocycles. The Bertz CT molecular complexity index is 1940. The minimum Gasteiger partial charge on any atom is -0.512 e. The molecule has 225 valence electrons. The van der Waals surface area contributed by atoms with Gasteiger partial charge in [0.25, 0.3) is 0 Å². The zero-order valence-electron chi connectivity index (χ0n) is 26.0. The van der Waals surface area contributed by atoms with E-state index >= 15 is 0 Å². The Morgan fingerprint density at radius 1 is 0.814 bits per heavy atom. The van der Waals surface area contributed by atoms with Crippen molar-refractivity contribution in [3.8, 4) is 0 Å². The van der Waals surface area contributed by atoms with Gasteiger partial charge < -0.3 is 9.51 Å². The molecule has 6 aromatic rings. The van der Waals surface area contributed by atoms with Crippen molar-refractivity contribution in [1.29, 1.82) is 0 Å². The van der Waals surface area contributed by atoms with Gasteiger partial charge in [0.15, 0.2) is 5.78 Å². The van der Waals surface area contributed by atoms with E-state index < -0.39 is 0 Å². The molecule has 1 radical (unpaired) electrons. The number of aromatic nitrogens is 2. The second kappa shape index (κ2) is 13.0. The van der Waals surface area contributed by atoms with Crippen molar-refractivity contribution in [3.05, 3.63) is 96.8 Å². The summed E-state index contributed by atoms with van der Waals surface area (Å²) in [6, 6.07) is 31.2. The quantitative estimate of drug-likeness (QED) is 0.0581. The van der Waals surface area contributed by atoms with Crippen molar-refractivity contribution >= 4 is 54.9 Å². The summed E-state index contributed by atoms with van der Waals surface area (Å²) in [6.45, 7) is 12.1. The number of allylic oxidation sites excluding steroid dienone is 2. The first-order chi connectivity index (χ1) is 20.2. The first-order valence-electron chi connectivity index (χ1n) is 15.2. The van der Waals surface area contributed by atoms with Gasteiger partial charge in [0, 0.05) is 42.5 Å². The van der Waals surface area contributed by atoms with Crippen molar-refractivity contribution < 1.29 is 30.0 Å². The number of carbonyl (C=O) groups is 1. The second-order valence-corrected chi connectivity index (χ2v) is 11.9. The molecule has 5 heteroatoms. The number of carbonyl (C=O) groups excluding carboxylic acids is 1. The van der Waals surface area contributed by atoms with Crippen LogP contribution in [0.3, 0.4) is 0 Å². The molecule has 0 fully saturated rings. The Kier molecular flexibility index (Phi) is 9.79. The topological polar surface area (TPSA) is 54.6 Å². The Morgan fingerprint density at radius 3 is 2.07 bits per heavy atom. The van der Waals surface area contributed by atoms with Crippen LogP contribution < -0.4 is 0 Å². The van der Waals surface area contributed by atoms with Crippen molar-refractivity contribution in [2.24, 2.45) is 10.8 Å². The zero-order chi connectivity index (χ0) is 30.1. The van der Waals surface area contributed by atoms with Gasteiger partial charge in [-0.3, -0.25) is 9.78 Å². The minimum atomic E-state index is -0.337. The van der Waals surface area contributed by atoms with Crippen molar-refractivity contribution in [3.63, 3.8) is 0 Å². The van der Waals surface area contributed by atoms with Crippen LogP contribution in [0, 0.1) is 16.9 Å². The molecule has 0 aliphatic carbocycles. The van der Waals surface area contributed by atoms with Gasteiger partial charge >= 0.3 is 0 Å². The molecule has 0 spiro atoms. The predicted octanol–water partition coefficient (Wildman–Crippen LogP) is 10.4. The van der Waals surface area contributed by atoms with Crippen LogP contribution in [0.25, 0.3) is 49.1 Å². The van der Waals surface area contributed by atoms with Crippen LogP contribution in [-0.2, 0) is 24.9 Å². The summed E-state index contributed by atoms with van der Waals surface area (Å²) in [7, 11) is 0. The van der Waals surface area contributed by atoms with E-state index in [1.807, 2.05) is 47.6 Å². The van der Waals surface area contributed by atoms with E-state index in [9.17, 15) is 9.90 Å². The molecule has 0 saturated heterocycles. The van der Waals surface area contributed by atoms with E-state index in [0.29, 0.717) is 0 Å². The van der Waals surface area contributed by atoms with E-state index in [2.05, 4.69) is 83.3 Å². The number of benzene rings is 4. The van der Waals surface area contributed by atoms with Gasteiger partial charge in [0.1, 0.15) is 5.76 Å². The SMILES string of the molecule is CCC(C)(CC)C(=O)/C=C(\O)C(C)(CC)CC.[Ir].[c-]1c2ccccc2cc2c1c1nc3ccccc3n1c1ccccc21. The molecule has 0 atom stereocenters. The van der Waals surface area contributed by atoms with Gasteiger partial charge in [0.05, 0.1) is 16.7 Å². The monoisotopic (exact) mass is 750 g/mol. The fourth-order valence-corrected chi connectivity index (χ4v) is 5.57. The molecule has 0 amide bonds. The van der Waals surface area contributed by atoms with Crippen LogP contribution in [-0.4, -0.2) is 20.3 Å². The van der Waals surface area contributed by atoms with Crippen LogP contribution in [0.2, 0.25) is 0 Å². The number of hydrogen-bond donors (Lipinski definition) is 1. The molecule has 0 saturated carbocycles. The van der Waals surface area contributed by atoms with E-state index in [4.69, 9.17) is 4.98 Å². The number of para-hydroxylation sites is 3. The third-order valence-corrected chi connectivity index (χ3v) is 9.61. The summed E-state index contributed by atoms with van der Waals surface area (Å²) in [4.78, 5) is 17.1. The molecule has 1 N–H and O–H groups in total. The Labute approximate surface area is 268 Å². The Morgan fingerprint density at radius 2 is 1.40 bits per heavy atom. The van der Waals surface area contributed by atoms with Gasteiger partial charge in [-0.25, -0.2) is 0 Å². The van der Waals surface area contributed by atoms with Gasteiger partial charge in [0.2, 0.25) is 0 Å². The smallest absolute Gasteiger partial charge is 0.164 e. The van der Waals surface area contributed by atoms with E-state index in [1.165, 1.54) is 27.8 Å². The van der Waals surface area contributed by atoms with Gasteiger partial charge in [-0.2, -0.15) is 0 Å². The van der Waals surface area contributed by atoms with Crippen LogP contribution >= 0.6 is 0 Å². The molecule has 43 heavy (non-hydrogen) atoms. The van der Waals surface area contributed by atoms with Crippen LogP contribution in [0.1, 0.15) is 67.2 Å². The molecule has 0 bridgehead atoms. The van der Waals surface area contributed by atoms with Gasteiger partial charge in [-0.15, -0.1) is 23.6 Å². The fraction of sp³-hybridized carbons (Fsp3) is 0.316. The maximum absolute atomic E-state index is 12.2. The summed E-state index contributed by atoms with van der Waals surface area (Å²) in [5.41, 5.74) is 3.70. The number of imidazole rings is 1. The molecule has 2 aromatic heterocycles. The third kappa shape index (κ3) is 5.86. The molecule has 2 heterocycles. The number of aliphatic hydroxyl groups excluding tert-OH is 1. The van der Waals surface area contributed by atoms with Crippen molar-refractivity contribution in [2.75, 3.05) is 0 Å². The largest absolute Gasteiger partial charge is 0.512 e. The number of ketones is 1. The minimum absolute atomic E-state index is 0. The van der Waals surface area contributed by atoms with Gasteiger partial charge in [-0.05, 0) is 49.3 Å². The average Bonchev–Trinajstić information content (AvgIpc) is 3.43. The molecular weight excluding hydrogens is 709 g/mol. The van der Waals surface area contributed by atoms with Crippen LogP contribution in [0.15, 0.2) is 90.7 Å². The summed E-state index contributed by atoms with van der Waals surface area (Å²) in [6.07, 6.45) is 4.75. The molecule has 0 aliphatic rings. The summed E-state index contributed by atoms with van der Waals surface area (Å²) >= 11 is 0. The number of rotatable bonds is 7. The average molecular weight is 750 g/mol. The number of hydrogen-bond acceptors (Lipinski definition) is 3. The number of nitrogens with zero attached hydrogens (tertiary/aromatic N) is 2. The van der Waals surface area contributed by atoms with Crippen LogP contribution in [0.4, 0.5) is 0 Å². The molecule has 0 aliphatic heterocycles. The summed E-state index contributed by atoms with van der Waals surface area (Å²) in [5, 5.41) is 16.0. The maximum atomic E-state index is 12.2. The summed E-state index contributed by atoms with van der Waals surface area (Å²) in [5.74, 6) is 0.286. The zero-order valence-corrected chi connectivity index (χ0v) is 28.4. The van der Waals surface area contributed by atoms with E-state index in [0.717, 1.165) is 53.1 Å². The first kappa shape index (κ1) is 32.4. The molecule has 0 unspecified atom stereocenters. The number of fused-ring (bicyclic) bond motifs is 9. The molecule has 6 rings (SSSR count). The van der Waals surface area contributed by atoms with Gasteiger partial charge in [-0.1, -0.05) is 106 Å². The predicted molar refractivity (Wildman–Crippen MR) is 177 cm³/mol. The van der Waals surface area contributed by atoms with Crippen LogP contribution in [0.5, 0.6) is 0 Å².